The third-order valence-corrected chi connectivity index (χ3v) is 2.80. The minimum Gasteiger partial charge on any atom is -0.467 e. The van der Waals surface area contributed by atoms with Crippen molar-refractivity contribution in [3.05, 3.63) is 60.1 Å². The standard InChI is InChI=1S/C15H17F2NO2/c16-14(17)11-19-10-8-18-15(13-7-4-9-20-13)12-5-2-1-3-6-12/h1-7,9,14-15,18H,8,10-11H2. The monoisotopic (exact) mass is 281 g/mol. The second kappa shape index (κ2) is 7.77. The van der Waals surface area contributed by atoms with Crippen LogP contribution >= 0.6 is 0 Å². The molecule has 0 spiro atoms. The van der Waals surface area contributed by atoms with Crippen LogP contribution in [0.25, 0.3) is 0 Å². The lowest BCUT2D eigenvalue weighted by Crippen LogP contribution is -2.26. The Morgan fingerprint density at radius 3 is 2.55 bits per heavy atom. The third-order valence-electron chi connectivity index (χ3n) is 2.80. The van der Waals surface area contributed by atoms with Gasteiger partial charge in [0.15, 0.2) is 0 Å². The summed E-state index contributed by atoms with van der Waals surface area (Å²) in [5.74, 6) is 0.782. The van der Waals surface area contributed by atoms with Gasteiger partial charge in [0.2, 0.25) is 0 Å². The Hall–Kier alpha value is -1.72. The molecule has 3 nitrogen and oxygen atoms in total. The minimum absolute atomic E-state index is 0.110. The number of hydrogen-bond acceptors (Lipinski definition) is 3. The zero-order valence-electron chi connectivity index (χ0n) is 11.0. The van der Waals surface area contributed by atoms with E-state index in [9.17, 15) is 8.78 Å². The van der Waals surface area contributed by atoms with Gasteiger partial charge in [0.25, 0.3) is 6.43 Å². The van der Waals surface area contributed by atoms with Gasteiger partial charge in [-0.3, -0.25) is 0 Å². The van der Waals surface area contributed by atoms with E-state index in [1.54, 1.807) is 6.26 Å². The predicted octanol–water partition coefficient (Wildman–Crippen LogP) is 3.24. The maximum atomic E-state index is 11.9. The van der Waals surface area contributed by atoms with Crippen LogP contribution in [0.1, 0.15) is 17.4 Å². The molecule has 0 aliphatic rings. The van der Waals surface area contributed by atoms with Crippen LogP contribution < -0.4 is 5.32 Å². The van der Waals surface area contributed by atoms with E-state index in [-0.39, 0.29) is 12.6 Å². The van der Waals surface area contributed by atoms with Crippen LogP contribution in [-0.4, -0.2) is 26.2 Å². The molecule has 0 aliphatic carbocycles. The van der Waals surface area contributed by atoms with E-state index in [4.69, 9.17) is 9.15 Å². The van der Waals surface area contributed by atoms with Crippen molar-refractivity contribution in [3.63, 3.8) is 0 Å². The lowest BCUT2D eigenvalue weighted by atomic mass is 10.0. The van der Waals surface area contributed by atoms with Crippen LogP contribution in [0, 0.1) is 0 Å². The Balaban J connectivity index is 1.91. The number of rotatable bonds is 8. The van der Waals surface area contributed by atoms with Crippen LogP contribution in [0.4, 0.5) is 8.78 Å². The SMILES string of the molecule is FC(F)COCCNC(c1ccccc1)c1ccco1. The highest BCUT2D eigenvalue weighted by molar-refractivity contribution is 5.26. The number of furan rings is 1. The minimum atomic E-state index is -2.43. The lowest BCUT2D eigenvalue weighted by Gasteiger charge is -2.17. The summed E-state index contributed by atoms with van der Waals surface area (Å²) in [6, 6.07) is 13.4. The average molecular weight is 281 g/mol. The first kappa shape index (κ1) is 14.7. The van der Waals surface area contributed by atoms with Gasteiger partial charge in [0.1, 0.15) is 12.4 Å². The summed E-state index contributed by atoms with van der Waals surface area (Å²) >= 11 is 0. The molecule has 1 heterocycles. The molecular weight excluding hydrogens is 264 g/mol. The van der Waals surface area contributed by atoms with Crippen molar-refractivity contribution in [2.45, 2.75) is 12.5 Å². The first-order valence-corrected chi connectivity index (χ1v) is 6.45. The maximum absolute atomic E-state index is 11.9. The molecule has 1 N–H and O–H groups in total. The van der Waals surface area contributed by atoms with E-state index in [2.05, 4.69) is 5.32 Å². The molecular formula is C15H17F2NO2. The number of benzene rings is 1. The van der Waals surface area contributed by atoms with Crippen LogP contribution in [-0.2, 0) is 4.74 Å². The van der Waals surface area contributed by atoms with E-state index >= 15 is 0 Å². The molecule has 5 heteroatoms. The molecule has 0 saturated heterocycles. The van der Waals surface area contributed by atoms with E-state index in [0.717, 1.165) is 11.3 Å². The van der Waals surface area contributed by atoms with Crippen LogP contribution in [0.15, 0.2) is 53.1 Å². The van der Waals surface area contributed by atoms with Gasteiger partial charge >= 0.3 is 0 Å². The summed E-state index contributed by atoms with van der Waals surface area (Å²) < 4.78 is 34.2. The molecule has 0 saturated carbocycles. The summed E-state index contributed by atoms with van der Waals surface area (Å²) in [6.07, 6.45) is -0.815. The summed E-state index contributed by atoms with van der Waals surface area (Å²) in [4.78, 5) is 0. The van der Waals surface area contributed by atoms with Gasteiger partial charge in [-0.2, -0.15) is 0 Å². The molecule has 108 valence electrons. The van der Waals surface area contributed by atoms with Crippen molar-refractivity contribution < 1.29 is 17.9 Å². The first-order chi connectivity index (χ1) is 9.77. The summed E-state index contributed by atoms with van der Waals surface area (Å²) in [7, 11) is 0. The van der Waals surface area contributed by atoms with Gasteiger partial charge in [-0.1, -0.05) is 30.3 Å². The molecule has 0 radical (unpaired) electrons. The molecule has 2 rings (SSSR count). The van der Waals surface area contributed by atoms with Gasteiger partial charge in [-0.05, 0) is 17.7 Å². The summed E-state index contributed by atoms with van der Waals surface area (Å²) in [6.45, 7) is 0.166. The average Bonchev–Trinajstić information content (AvgIpc) is 2.97. The normalized spacial score (nSPS) is 12.8. The highest BCUT2D eigenvalue weighted by atomic mass is 19.3. The Bertz CT molecular complexity index is 474. The maximum Gasteiger partial charge on any atom is 0.261 e. The zero-order chi connectivity index (χ0) is 14.2. The van der Waals surface area contributed by atoms with Crippen LogP contribution in [0.5, 0.6) is 0 Å². The van der Waals surface area contributed by atoms with Crippen LogP contribution in [0.2, 0.25) is 0 Å². The van der Waals surface area contributed by atoms with Crippen molar-refractivity contribution in [1.82, 2.24) is 5.32 Å². The van der Waals surface area contributed by atoms with Crippen molar-refractivity contribution in [2.24, 2.45) is 0 Å². The van der Waals surface area contributed by atoms with Gasteiger partial charge in [-0.25, -0.2) is 8.78 Å². The van der Waals surface area contributed by atoms with Crippen LogP contribution in [0.3, 0.4) is 0 Å². The van der Waals surface area contributed by atoms with Gasteiger partial charge in [-0.15, -0.1) is 0 Å². The molecule has 0 amide bonds. The third kappa shape index (κ3) is 4.43. The highest BCUT2D eigenvalue weighted by Crippen LogP contribution is 2.21. The molecule has 0 fully saturated rings. The van der Waals surface area contributed by atoms with E-state index < -0.39 is 13.0 Å². The summed E-state index contributed by atoms with van der Waals surface area (Å²) in [5, 5.41) is 3.25. The quantitative estimate of drug-likeness (QED) is 0.754. The first-order valence-electron chi connectivity index (χ1n) is 6.45. The second-order valence-electron chi connectivity index (χ2n) is 4.28. The van der Waals surface area contributed by atoms with Crippen molar-refractivity contribution in [3.8, 4) is 0 Å². The topological polar surface area (TPSA) is 34.4 Å². The number of alkyl halides is 2. The van der Waals surface area contributed by atoms with E-state index in [1.807, 2.05) is 42.5 Å². The van der Waals surface area contributed by atoms with Crippen molar-refractivity contribution >= 4 is 0 Å². The molecule has 0 bridgehead atoms. The Morgan fingerprint density at radius 1 is 1.10 bits per heavy atom. The van der Waals surface area contributed by atoms with Gasteiger partial charge < -0.3 is 14.5 Å². The Kier molecular flexibility index (Phi) is 5.70. The number of hydrogen-bond donors (Lipinski definition) is 1. The predicted molar refractivity (Wildman–Crippen MR) is 71.8 cm³/mol. The molecule has 1 unspecified atom stereocenters. The number of nitrogens with one attached hydrogen (secondary N) is 1. The number of halogens is 2. The molecule has 20 heavy (non-hydrogen) atoms. The number of ether oxygens (including phenoxy) is 1. The van der Waals surface area contributed by atoms with Crippen molar-refractivity contribution in [2.75, 3.05) is 19.8 Å². The summed E-state index contributed by atoms with van der Waals surface area (Å²) in [5.41, 5.74) is 1.05. The smallest absolute Gasteiger partial charge is 0.261 e. The van der Waals surface area contributed by atoms with Gasteiger partial charge in [0.05, 0.1) is 18.9 Å². The Labute approximate surface area is 116 Å². The molecule has 1 aromatic carbocycles. The fourth-order valence-corrected chi connectivity index (χ4v) is 1.93. The van der Waals surface area contributed by atoms with E-state index in [1.165, 1.54) is 0 Å². The fraction of sp³-hybridized carbons (Fsp3) is 0.333. The fourth-order valence-electron chi connectivity index (χ4n) is 1.93. The molecule has 1 aromatic heterocycles. The van der Waals surface area contributed by atoms with Gasteiger partial charge in [0, 0.05) is 6.54 Å². The van der Waals surface area contributed by atoms with E-state index in [0.29, 0.717) is 6.54 Å². The zero-order valence-corrected chi connectivity index (χ0v) is 11.0. The van der Waals surface area contributed by atoms with Crippen molar-refractivity contribution in [1.29, 1.82) is 0 Å². The Morgan fingerprint density at radius 2 is 1.90 bits per heavy atom. The largest absolute Gasteiger partial charge is 0.467 e. The molecule has 1 atom stereocenters. The second-order valence-corrected chi connectivity index (χ2v) is 4.28. The lowest BCUT2D eigenvalue weighted by molar-refractivity contribution is 0.0183. The molecule has 0 aliphatic heterocycles. The highest BCUT2D eigenvalue weighted by Gasteiger charge is 2.15. The molecule has 2 aromatic rings.